The van der Waals surface area contributed by atoms with E-state index in [1.807, 2.05) is 18.5 Å². The molecule has 3 aromatic rings. The van der Waals surface area contributed by atoms with Gasteiger partial charge in [0.15, 0.2) is 0 Å². The lowest BCUT2D eigenvalue weighted by atomic mass is 10.1. The Morgan fingerprint density at radius 3 is 2.80 bits per heavy atom. The highest BCUT2D eigenvalue weighted by Crippen LogP contribution is 2.22. The van der Waals surface area contributed by atoms with E-state index in [1.165, 1.54) is 21.9 Å². The van der Waals surface area contributed by atoms with Crippen molar-refractivity contribution in [2.75, 3.05) is 5.32 Å². The Balaban J connectivity index is 1.85. The first-order valence-corrected chi connectivity index (χ1v) is 7.35. The third kappa shape index (κ3) is 2.68. The second kappa shape index (κ2) is 5.63. The minimum atomic E-state index is 0.773. The molecule has 0 aliphatic carbocycles. The van der Waals surface area contributed by atoms with Crippen LogP contribution in [0.2, 0.25) is 0 Å². The lowest BCUT2D eigenvalue weighted by Gasteiger charge is -2.10. The molecule has 0 saturated heterocycles. The number of rotatable bonds is 3. The zero-order valence-electron chi connectivity index (χ0n) is 11.2. The quantitative estimate of drug-likeness (QED) is 0.739. The maximum atomic E-state index is 4.31. The third-order valence-electron chi connectivity index (χ3n) is 3.39. The zero-order chi connectivity index (χ0) is 13.9. The molecule has 0 radical (unpaired) electrons. The average molecular weight is 327 g/mol. The molecule has 1 heterocycles. The van der Waals surface area contributed by atoms with Crippen molar-refractivity contribution in [3.8, 4) is 0 Å². The maximum Gasteiger partial charge on any atom is 0.0422 e. The molecule has 0 atom stereocenters. The molecule has 100 valence electrons. The van der Waals surface area contributed by atoms with Gasteiger partial charge in [0, 0.05) is 34.5 Å². The van der Waals surface area contributed by atoms with Crippen LogP contribution >= 0.6 is 15.9 Å². The predicted molar refractivity (Wildman–Crippen MR) is 87.9 cm³/mol. The molecule has 0 aliphatic heterocycles. The van der Waals surface area contributed by atoms with Crippen LogP contribution in [-0.2, 0) is 6.54 Å². The standard InChI is InChI=1S/C17H15BrN2/c1-12-8-15(6-7-17(12)18)20-11-14-10-19-9-13-4-2-3-5-16(13)14/h2-10,20H,11H2,1H3. The molecule has 3 heteroatoms. The summed E-state index contributed by atoms with van der Waals surface area (Å²) in [6, 6.07) is 14.6. The summed E-state index contributed by atoms with van der Waals surface area (Å²) >= 11 is 3.52. The number of fused-ring (bicyclic) bond motifs is 1. The molecule has 2 nitrogen and oxygen atoms in total. The fraction of sp³-hybridized carbons (Fsp3) is 0.118. The first-order valence-electron chi connectivity index (χ1n) is 6.56. The number of hydrogen-bond donors (Lipinski definition) is 1. The Morgan fingerprint density at radius 1 is 1.10 bits per heavy atom. The van der Waals surface area contributed by atoms with Crippen LogP contribution in [-0.4, -0.2) is 4.98 Å². The SMILES string of the molecule is Cc1cc(NCc2cncc3ccccc23)ccc1Br. The minimum Gasteiger partial charge on any atom is -0.381 e. The van der Waals surface area contributed by atoms with Crippen LogP contribution in [0.1, 0.15) is 11.1 Å². The number of benzene rings is 2. The van der Waals surface area contributed by atoms with Gasteiger partial charge in [-0.1, -0.05) is 40.2 Å². The molecule has 0 spiro atoms. The van der Waals surface area contributed by atoms with Crippen LogP contribution in [0.25, 0.3) is 10.8 Å². The minimum absolute atomic E-state index is 0.773. The number of aryl methyl sites for hydroxylation is 1. The van der Waals surface area contributed by atoms with Crippen molar-refractivity contribution < 1.29 is 0 Å². The number of hydrogen-bond acceptors (Lipinski definition) is 2. The van der Waals surface area contributed by atoms with Crippen molar-refractivity contribution in [1.82, 2.24) is 4.98 Å². The van der Waals surface area contributed by atoms with Gasteiger partial charge in [-0.3, -0.25) is 4.98 Å². The molecule has 0 amide bonds. The van der Waals surface area contributed by atoms with Crippen molar-refractivity contribution in [3.63, 3.8) is 0 Å². The Hall–Kier alpha value is -1.87. The van der Waals surface area contributed by atoms with E-state index < -0.39 is 0 Å². The van der Waals surface area contributed by atoms with Crippen LogP contribution < -0.4 is 5.32 Å². The molecular formula is C17H15BrN2. The number of pyridine rings is 1. The molecule has 3 rings (SSSR count). The van der Waals surface area contributed by atoms with Gasteiger partial charge in [-0.15, -0.1) is 0 Å². The second-order valence-electron chi connectivity index (χ2n) is 4.84. The Bertz CT molecular complexity index is 748. The van der Waals surface area contributed by atoms with Gasteiger partial charge >= 0.3 is 0 Å². The van der Waals surface area contributed by atoms with Crippen molar-refractivity contribution in [1.29, 1.82) is 0 Å². The summed E-state index contributed by atoms with van der Waals surface area (Å²) in [6.07, 6.45) is 3.84. The third-order valence-corrected chi connectivity index (χ3v) is 4.28. The van der Waals surface area contributed by atoms with Gasteiger partial charge in [0.05, 0.1) is 0 Å². The predicted octanol–water partition coefficient (Wildman–Crippen LogP) is 4.92. The largest absolute Gasteiger partial charge is 0.381 e. The summed E-state index contributed by atoms with van der Waals surface area (Å²) in [7, 11) is 0. The van der Waals surface area contributed by atoms with Crippen LogP contribution in [0.15, 0.2) is 59.3 Å². The molecule has 1 aromatic heterocycles. The summed E-state index contributed by atoms with van der Waals surface area (Å²) in [4.78, 5) is 4.31. The monoisotopic (exact) mass is 326 g/mol. The van der Waals surface area contributed by atoms with E-state index >= 15 is 0 Å². The molecule has 0 bridgehead atoms. The van der Waals surface area contributed by atoms with Crippen molar-refractivity contribution in [2.45, 2.75) is 13.5 Å². The van der Waals surface area contributed by atoms with Gasteiger partial charge in [0.25, 0.3) is 0 Å². The molecule has 0 aliphatic rings. The molecule has 0 unspecified atom stereocenters. The second-order valence-corrected chi connectivity index (χ2v) is 5.69. The summed E-state index contributed by atoms with van der Waals surface area (Å²) in [5.74, 6) is 0. The highest BCUT2D eigenvalue weighted by Gasteiger charge is 2.02. The summed E-state index contributed by atoms with van der Waals surface area (Å²) in [5, 5.41) is 5.89. The van der Waals surface area contributed by atoms with Gasteiger partial charge in [-0.2, -0.15) is 0 Å². The summed E-state index contributed by atoms with van der Waals surface area (Å²) in [5.41, 5.74) is 3.56. The molecule has 20 heavy (non-hydrogen) atoms. The van der Waals surface area contributed by atoms with E-state index in [-0.39, 0.29) is 0 Å². The smallest absolute Gasteiger partial charge is 0.0422 e. The molecule has 1 N–H and O–H groups in total. The summed E-state index contributed by atoms with van der Waals surface area (Å²) < 4.78 is 1.13. The highest BCUT2D eigenvalue weighted by atomic mass is 79.9. The van der Waals surface area contributed by atoms with Gasteiger partial charge < -0.3 is 5.32 Å². The average Bonchev–Trinajstić information content (AvgIpc) is 2.48. The fourth-order valence-corrected chi connectivity index (χ4v) is 2.52. The van der Waals surface area contributed by atoms with Crippen LogP contribution in [0.5, 0.6) is 0 Å². The lowest BCUT2D eigenvalue weighted by molar-refractivity contribution is 1.13. The van der Waals surface area contributed by atoms with E-state index in [0.717, 1.165) is 16.7 Å². The molecular weight excluding hydrogens is 312 g/mol. The Kier molecular flexibility index (Phi) is 3.70. The first-order chi connectivity index (χ1) is 9.74. The number of halogens is 1. The number of nitrogens with one attached hydrogen (secondary N) is 1. The van der Waals surface area contributed by atoms with E-state index in [1.54, 1.807) is 0 Å². The van der Waals surface area contributed by atoms with Crippen molar-refractivity contribution in [2.24, 2.45) is 0 Å². The van der Waals surface area contributed by atoms with Crippen LogP contribution in [0.3, 0.4) is 0 Å². The Labute approximate surface area is 127 Å². The number of anilines is 1. The van der Waals surface area contributed by atoms with E-state index in [0.29, 0.717) is 0 Å². The van der Waals surface area contributed by atoms with Gasteiger partial charge in [-0.25, -0.2) is 0 Å². The fourth-order valence-electron chi connectivity index (χ4n) is 2.27. The summed E-state index contributed by atoms with van der Waals surface area (Å²) in [6.45, 7) is 2.87. The van der Waals surface area contributed by atoms with E-state index in [9.17, 15) is 0 Å². The molecule has 2 aromatic carbocycles. The van der Waals surface area contributed by atoms with E-state index in [4.69, 9.17) is 0 Å². The van der Waals surface area contributed by atoms with Crippen molar-refractivity contribution in [3.05, 3.63) is 70.5 Å². The topological polar surface area (TPSA) is 24.9 Å². The van der Waals surface area contributed by atoms with Gasteiger partial charge in [0.2, 0.25) is 0 Å². The molecule has 0 fully saturated rings. The molecule has 0 saturated carbocycles. The normalized spacial score (nSPS) is 10.7. The van der Waals surface area contributed by atoms with Crippen LogP contribution in [0.4, 0.5) is 5.69 Å². The van der Waals surface area contributed by atoms with Crippen LogP contribution in [0, 0.1) is 6.92 Å². The lowest BCUT2D eigenvalue weighted by Crippen LogP contribution is -2.01. The highest BCUT2D eigenvalue weighted by molar-refractivity contribution is 9.10. The van der Waals surface area contributed by atoms with E-state index in [2.05, 4.69) is 69.6 Å². The zero-order valence-corrected chi connectivity index (χ0v) is 12.8. The number of nitrogens with zero attached hydrogens (tertiary/aromatic N) is 1. The Morgan fingerprint density at radius 2 is 1.95 bits per heavy atom. The van der Waals surface area contributed by atoms with Crippen molar-refractivity contribution >= 4 is 32.4 Å². The maximum absolute atomic E-state index is 4.31. The van der Waals surface area contributed by atoms with Gasteiger partial charge in [-0.05, 0) is 41.6 Å². The first kappa shape index (κ1) is 13.1. The van der Waals surface area contributed by atoms with Gasteiger partial charge in [0.1, 0.15) is 0 Å². The number of aromatic nitrogens is 1.